The average Bonchev–Trinajstić information content (AvgIpc) is 2.75. The maximum Gasteiger partial charge on any atom is 0.249 e. The van der Waals surface area contributed by atoms with Crippen molar-refractivity contribution in [2.45, 2.75) is 50.1 Å². The first-order valence-electron chi connectivity index (χ1n) is 10.9. The van der Waals surface area contributed by atoms with Gasteiger partial charge in [-0.15, -0.1) is 0 Å². The van der Waals surface area contributed by atoms with E-state index in [2.05, 4.69) is 24.0 Å². The van der Waals surface area contributed by atoms with Crippen molar-refractivity contribution in [3.63, 3.8) is 0 Å². The summed E-state index contributed by atoms with van der Waals surface area (Å²) in [5.74, 6) is 6.97. The van der Waals surface area contributed by atoms with Gasteiger partial charge in [-0.05, 0) is 30.5 Å². The molecule has 1 aromatic rings. The number of aliphatic hydroxyl groups is 1. The van der Waals surface area contributed by atoms with Crippen molar-refractivity contribution < 1.29 is 19.4 Å². The van der Waals surface area contributed by atoms with E-state index in [1.165, 1.54) is 39.2 Å². The molecule has 1 aliphatic carbocycles. The molecule has 6 nitrogen and oxygen atoms in total. The van der Waals surface area contributed by atoms with Crippen LogP contribution in [-0.2, 0) is 14.3 Å². The van der Waals surface area contributed by atoms with Gasteiger partial charge >= 0.3 is 0 Å². The molecule has 3 atom stereocenters. The van der Waals surface area contributed by atoms with Gasteiger partial charge in [-0.2, -0.15) is 0 Å². The van der Waals surface area contributed by atoms with Crippen molar-refractivity contribution in [2.24, 2.45) is 5.92 Å². The lowest BCUT2D eigenvalue weighted by Gasteiger charge is -2.58. The standard InChI is InChI=1S/C24H30N2O4/c1-30-16-23(29)25-13-20-24(21(15-27)26(20)22(28)14-25)19-11-9-18(10-12-19)8-7-17-5-3-2-4-6-17/h9-12,17,20-21,24,27H,2-6,13-16H2,1H3/t20-,21-,24+/m1/s1. The highest BCUT2D eigenvalue weighted by Crippen LogP contribution is 2.42. The van der Waals surface area contributed by atoms with Gasteiger partial charge < -0.3 is 19.6 Å². The zero-order chi connectivity index (χ0) is 21.1. The summed E-state index contributed by atoms with van der Waals surface area (Å²) in [4.78, 5) is 28.1. The summed E-state index contributed by atoms with van der Waals surface area (Å²) in [5, 5.41) is 9.90. The Labute approximate surface area is 178 Å². The minimum Gasteiger partial charge on any atom is -0.394 e. The van der Waals surface area contributed by atoms with E-state index in [9.17, 15) is 14.7 Å². The largest absolute Gasteiger partial charge is 0.394 e. The zero-order valence-electron chi connectivity index (χ0n) is 17.5. The molecular weight excluding hydrogens is 380 g/mol. The van der Waals surface area contributed by atoms with Crippen molar-refractivity contribution in [3.05, 3.63) is 35.4 Å². The fourth-order valence-corrected chi connectivity index (χ4v) is 5.13. The summed E-state index contributed by atoms with van der Waals surface area (Å²) >= 11 is 0. The lowest BCUT2D eigenvalue weighted by atomic mass is 9.73. The van der Waals surface area contributed by atoms with Crippen molar-refractivity contribution in [1.82, 2.24) is 9.80 Å². The fourth-order valence-electron chi connectivity index (χ4n) is 5.13. The number of fused-ring (bicyclic) bond motifs is 1. The molecule has 0 radical (unpaired) electrons. The molecule has 3 aliphatic rings. The quantitative estimate of drug-likeness (QED) is 0.768. The lowest BCUT2D eigenvalue weighted by Crippen LogP contribution is -2.73. The second kappa shape index (κ2) is 9.20. The number of hydrogen-bond donors (Lipinski definition) is 1. The van der Waals surface area contributed by atoms with Gasteiger partial charge in [0.05, 0.1) is 25.2 Å². The van der Waals surface area contributed by atoms with Gasteiger partial charge in [0.15, 0.2) is 0 Å². The van der Waals surface area contributed by atoms with Crippen molar-refractivity contribution in [1.29, 1.82) is 0 Å². The molecule has 2 saturated heterocycles. The molecule has 3 fully saturated rings. The maximum absolute atomic E-state index is 12.6. The number of hydrogen-bond acceptors (Lipinski definition) is 4. The topological polar surface area (TPSA) is 70.1 Å². The number of carbonyl (C=O) groups is 2. The van der Waals surface area contributed by atoms with E-state index in [1.807, 2.05) is 12.1 Å². The highest BCUT2D eigenvalue weighted by Gasteiger charge is 2.54. The first-order valence-corrected chi connectivity index (χ1v) is 10.9. The number of amides is 2. The third-order valence-electron chi connectivity index (χ3n) is 6.69. The molecule has 30 heavy (non-hydrogen) atoms. The molecule has 1 aromatic carbocycles. The van der Waals surface area contributed by atoms with Crippen LogP contribution in [0.15, 0.2) is 24.3 Å². The molecule has 0 spiro atoms. The maximum atomic E-state index is 12.6. The second-order valence-corrected chi connectivity index (χ2v) is 8.58. The molecule has 1 saturated carbocycles. The van der Waals surface area contributed by atoms with Gasteiger partial charge in [0, 0.05) is 31.1 Å². The van der Waals surface area contributed by atoms with Crippen LogP contribution < -0.4 is 0 Å². The number of benzene rings is 1. The SMILES string of the molecule is COCC(=O)N1CC(=O)N2[C@H](CO)[C@@H](c3ccc(C#CC4CCCCC4)cc3)[C@H]2C1. The van der Waals surface area contributed by atoms with Gasteiger partial charge in [-0.25, -0.2) is 0 Å². The Morgan fingerprint density at radius 2 is 1.93 bits per heavy atom. The molecule has 4 rings (SSSR count). The van der Waals surface area contributed by atoms with E-state index in [0.717, 1.165) is 11.1 Å². The van der Waals surface area contributed by atoms with Crippen LogP contribution in [-0.4, -0.2) is 72.2 Å². The average molecular weight is 411 g/mol. The van der Waals surface area contributed by atoms with Crippen LogP contribution in [0.3, 0.4) is 0 Å². The van der Waals surface area contributed by atoms with Crippen molar-refractivity contribution in [2.75, 3.05) is 33.4 Å². The van der Waals surface area contributed by atoms with E-state index >= 15 is 0 Å². The monoisotopic (exact) mass is 410 g/mol. The van der Waals surface area contributed by atoms with Gasteiger partial charge in [0.25, 0.3) is 0 Å². The number of carbonyl (C=O) groups excluding carboxylic acids is 2. The summed E-state index contributed by atoms with van der Waals surface area (Å²) < 4.78 is 4.94. The Balaban J connectivity index is 1.47. The fraction of sp³-hybridized carbons (Fsp3) is 0.583. The van der Waals surface area contributed by atoms with Crippen LogP contribution in [0.4, 0.5) is 0 Å². The molecule has 0 unspecified atom stereocenters. The molecule has 2 heterocycles. The normalized spacial score (nSPS) is 26.5. The molecule has 2 aliphatic heterocycles. The van der Waals surface area contributed by atoms with E-state index in [4.69, 9.17) is 4.74 Å². The molecule has 2 amide bonds. The van der Waals surface area contributed by atoms with Crippen LogP contribution in [0.5, 0.6) is 0 Å². The number of nitrogens with zero attached hydrogens (tertiary/aromatic N) is 2. The number of aliphatic hydroxyl groups excluding tert-OH is 1. The smallest absolute Gasteiger partial charge is 0.249 e. The summed E-state index contributed by atoms with van der Waals surface area (Å²) in [6.07, 6.45) is 6.30. The Hall–Kier alpha value is -2.36. The van der Waals surface area contributed by atoms with Gasteiger partial charge in [-0.1, -0.05) is 43.2 Å². The van der Waals surface area contributed by atoms with Crippen LogP contribution in [0.1, 0.15) is 49.1 Å². The van der Waals surface area contributed by atoms with Crippen molar-refractivity contribution in [3.8, 4) is 11.8 Å². The Morgan fingerprint density at radius 3 is 2.60 bits per heavy atom. The van der Waals surface area contributed by atoms with E-state index in [0.29, 0.717) is 12.5 Å². The first-order chi connectivity index (χ1) is 14.6. The van der Waals surface area contributed by atoms with Crippen molar-refractivity contribution >= 4 is 11.8 Å². The highest BCUT2D eigenvalue weighted by molar-refractivity contribution is 5.88. The molecule has 160 valence electrons. The molecular formula is C24H30N2O4. The van der Waals surface area contributed by atoms with Crippen LogP contribution in [0, 0.1) is 17.8 Å². The highest BCUT2D eigenvalue weighted by atomic mass is 16.5. The van der Waals surface area contributed by atoms with E-state index in [-0.39, 0.29) is 49.6 Å². The van der Waals surface area contributed by atoms with Gasteiger partial charge in [0.1, 0.15) is 6.61 Å². The minimum atomic E-state index is -0.235. The number of piperazine rings is 1. The Morgan fingerprint density at radius 1 is 1.20 bits per heavy atom. The minimum absolute atomic E-state index is 0.0115. The Kier molecular flexibility index (Phi) is 6.40. The van der Waals surface area contributed by atoms with E-state index in [1.54, 1.807) is 9.80 Å². The number of rotatable bonds is 4. The lowest BCUT2D eigenvalue weighted by molar-refractivity contribution is -0.168. The number of ether oxygens (including phenoxy) is 1. The summed E-state index contributed by atoms with van der Waals surface area (Å²) in [7, 11) is 1.47. The van der Waals surface area contributed by atoms with Crippen LogP contribution in [0.25, 0.3) is 0 Å². The summed E-state index contributed by atoms with van der Waals surface area (Å²) in [5.41, 5.74) is 2.07. The predicted octanol–water partition coefficient (Wildman–Crippen LogP) is 1.76. The molecule has 1 N–H and O–H groups in total. The molecule has 6 heteroatoms. The van der Waals surface area contributed by atoms with Crippen LogP contribution in [0.2, 0.25) is 0 Å². The predicted molar refractivity (Wildman–Crippen MR) is 113 cm³/mol. The summed E-state index contributed by atoms with van der Waals surface area (Å²) in [6, 6.07) is 7.82. The molecule has 0 aromatic heterocycles. The number of methoxy groups -OCH3 is 1. The third kappa shape index (κ3) is 4.10. The summed E-state index contributed by atoms with van der Waals surface area (Å²) in [6.45, 7) is 0.417. The van der Waals surface area contributed by atoms with Crippen LogP contribution >= 0.6 is 0 Å². The van der Waals surface area contributed by atoms with Gasteiger partial charge in [0.2, 0.25) is 11.8 Å². The zero-order valence-corrected chi connectivity index (χ0v) is 17.5. The first kappa shape index (κ1) is 20.9. The third-order valence-corrected chi connectivity index (χ3v) is 6.69. The molecule has 0 bridgehead atoms. The second-order valence-electron chi connectivity index (χ2n) is 8.58. The Bertz CT molecular complexity index is 835. The van der Waals surface area contributed by atoms with E-state index < -0.39 is 0 Å². The van der Waals surface area contributed by atoms with Gasteiger partial charge in [-0.3, -0.25) is 9.59 Å².